The zero-order chi connectivity index (χ0) is 12.7. The minimum absolute atomic E-state index is 0.129. The highest BCUT2D eigenvalue weighted by molar-refractivity contribution is 5.25. The molecule has 0 saturated carbocycles. The van der Waals surface area contributed by atoms with Crippen molar-refractivity contribution in [3.8, 4) is 0 Å². The van der Waals surface area contributed by atoms with Crippen LogP contribution in [0.4, 0.5) is 0 Å². The van der Waals surface area contributed by atoms with Gasteiger partial charge in [0.15, 0.2) is 0 Å². The predicted molar refractivity (Wildman–Crippen MR) is 70.0 cm³/mol. The standard InChI is InChI=1S/C14H23NO2/c1-12(2)14-5-3-4-13(10-14)11-15(6-8-16)7-9-17/h3-5,10,12,16-17H,6-9,11H2,1-2H3. The zero-order valence-corrected chi connectivity index (χ0v) is 10.8. The van der Waals surface area contributed by atoms with E-state index in [1.165, 1.54) is 11.1 Å². The fourth-order valence-corrected chi connectivity index (χ4v) is 1.86. The van der Waals surface area contributed by atoms with Crippen molar-refractivity contribution in [1.82, 2.24) is 4.90 Å². The van der Waals surface area contributed by atoms with E-state index in [2.05, 4.69) is 43.0 Å². The number of aliphatic hydroxyl groups is 2. The van der Waals surface area contributed by atoms with Crippen LogP contribution in [-0.2, 0) is 6.54 Å². The second kappa shape index (κ2) is 7.43. The fourth-order valence-electron chi connectivity index (χ4n) is 1.86. The molecule has 0 aromatic heterocycles. The summed E-state index contributed by atoms with van der Waals surface area (Å²) in [4.78, 5) is 2.06. The Morgan fingerprint density at radius 1 is 1.12 bits per heavy atom. The maximum absolute atomic E-state index is 8.96. The predicted octanol–water partition coefficient (Wildman–Crippen LogP) is 1.60. The molecule has 1 aromatic carbocycles. The number of aliphatic hydroxyl groups excluding tert-OH is 2. The van der Waals surface area contributed by atoms with E-state index in [0.717, 1.165) is 6.54 Å². The lowest BCUT2D eigenvalue weighted by Crippen LogP contribution is -2.29. The van der Waals surface area contributed by atoms with E-state index in [1.807, 2.05) is 0 Å². The summed E-state index contributed by atoms with van der Waals surface area (Å²) >= 11 is 0. The molecule has 0 atom stereocenters. The molecular formula is C14H23NO2. The summed E-state index contributed by atoms with van der Waals surface area (Å²) in [7, 11) is 0. The molecule has 0 saturated heterocycles. The Balaban J connectivity index is 2.67. The molecule has 0 unspecified atom stereocenters. The first-order valence-corrected chi connectivity index (χ1v) is 6.20. The van der Waals surface area contributed by atoms with Gasteiger partial charge in [0, 0.05) is 19.6 Å². The molecule has 1 aromatic rings. The van der Waals surface area contributed by atoms with E-state index in [-0.39, 0.29) is 13.2 Å². The third kappa shape index (κ3) is 4.86. The highest BCUT2D eigenvalue weighted by atomic mass is 16.3. The molecule has 0 aliphatic rings. The maximum Gasteiger partial charge on any atom is 0.0558 e. The molecular weight excluding hydrogens is 214 g/mol. The summed E-state index contributed by atoms with van der Waals surface area (Å²) in [6, 6.07) is 8.50. The zero-order valence-electron chi connectivity index (χ0n) is 10.8. The monoisotopic (exact) mass is 237 g/mol. The lowest BCUT2D eigenvalue weighted by molar-refractivity contribution is 0.156. The summed E-state index contributed by atoms with van der Waals surface area (Å²) in [5.41, 5.74) is 2.56. The molecule has 0 spiro atoms. The van der Waals surface area contributed by atoms with Gasteiger partial charge in [-0.2, -0.15) is 0 Å². The Morgan fingerprint density at radius 3 is 2.29 bits per heavy atom. The summed E-state index contributed by atoms with van der Waals surface area (Å²) in [5, 5.41) is 17.9. The molecule has 0 fully saturated rings. The van der Waals surface area contributed by atoms with Crippen LogP contribution in [-0.4, -0.2) is 41.4 Å². The van der Waals surface area contributed by atoms with Crippen molar-refractivity contribution in [3.63, 3.8) is 0 Å². The molecule has 17 heavy (non-hydrogen) atoms. The second-order valence-electron chi connectivity index (χ2n) is 4.62. The Bertz CT molecular complexity index is 320. The Labute approximate surface area is 104 Å². The average molecular weight is 237 g/mol. The highest BCUT2D eigenvalue weighted by Crippen LogP contribution is 2.16. The highest BCUT2D eigenvalue weighted by Gasteiger charge is 2.06. The number of hydrogen-bond acceptors (Lipinski definition) is 3. The quantitative estimate of drug-likeness (QED) is 0.757. The van der Waals surface area contributed by atoms with E-state index in [1.54, 1.807) is 0 Å². The van der Waals surface area contributed by atoms with Gasteiger partial charge in [-0.15, -0.1) is 0 Å². The lowest BCUT2D eigenvalue weighted by atomic mass is 10.0. The number of benzene rings is 1. The molecule has 96 valence electrons. The van der Waals surface area contributed by atoms with Gasteiger partial charge in [0.05, 0.1) is 13.2 Å². The first kappa shape index (κ1) is 14.2. The third-order valence-electron chi connectivity index (χ3n) is 2.86. The number of hydrogen-bond donors (Lipinski definition) is 2. The lowest BCUT2D eigenvalue weighted by Gasteiger charge is -2.20. The smallest absolute Gasteiger partial charge is 0.0558 e. The topological polar surface area (TPSA) is 43.7 Å². The molecule has 0 heterocycles. The van der Waals surface area contributed by atoms with Crippen LogP contribution in [0.5, 0.6) is 0 Å². The molecule has 0 amide bonds. The summed E-state index contributed by atoms with van der Waals surface area (Å²) in [5.74, 6) is 0.527. The van der Waals surface area contributed by atoms with Gasteiger partial charge < -0.3 is 10.2 Å². The van der Waals surface area contributed by atoms with E-state index in [0.29, 0.717) is 19.0 Å². The van der Waals surface area contributed by atoms with Gasteiger partial charge in [0.1, 0.15) is 0 Å². The van der Waals surface area contributed by atoms with Gasteiger partial charge in [-0.3, -0.25) is 4.90 Å². The minimum atomic E-state index is 0.129. The van der Waals surface area contributed by atoms with Crippen molar-refractivity contribution in [3.05, 3.63) is 35.4 Å². The van der Waals surface area contributed by atoms with Crippen LogP contribution in [0, 0.1) is 0 Å². The Kier molecular flexibility index (Phi) is 6.19. The Morgan fingerprint density at radius 2 is 1.76 bits per heavy atom. The van der Waals surface area contributed by atoms with Crippen LogP contribution >= 0.6 is 0 Å². The van der Waals surface area contributed by atoms with E-state index in [9.17, 15) is 0 Å². The molecule has 0 radical (unpaired) electrons. The fraction of sp³-hybridized carbons (Fsp3) is 0.571. The van der Waals surface area contributed by atoms with E-state index >= 15 is 0 Å². The van der Waals surface area contributed by atoms with Gasteiger partial charge in [0.25, 0.3) is 0 Å². The van der Waals surface area contributed by atoms with Crippen LogP contribution < -0.4 is 0 Å². The number of rotatable bonds is 7. The normalized spacial score (nSPS) is 11.4. The SMILES string of the molecule is CC(C)c1cccc(CN(CCO)CCO)c1. The van der Waals surface area contributed by atoms with Crippen molar-refractivity contribution >= 4 is 0 Å². The summed E-state index contributed by atoms with van der Waals surface area (Å²) < 4.78 is 0. The average Bonchev–Trinajstić information content (AvgIpc) is 2.30. The van der Waals surface area contributed by atoms with Crippen LogP contribution in [0.2, 0.25) is 0 Å². The Hall–Kier alpha value is -0.900. The van der Waals surface area contributed by atoms with Crippen LogP contribution in [0.25, 0.3) is 0 Å². The van der Waals surface area contributed by atoms with Crippen LogP contribution in [0.15, 0.2) is 24.3 Å². The van der Waals surface area contributed by atoms with Crippen molar-refractivity contribution in [2.45, 2.75) is 26.3 Å². The first-order valence-electron chi connectivity index (χ1n) is 6.20. The van der Waals surface area contributed by atoms with Gasteiger partial charge in [-0.1, -0.05) is 38.1 Å². The molecule has 0 aliphatic carbocycles. The minimum Gasteiger partial charge on any atom is -0.395 e. The molecule has 1 rings (SSSR count). The van der Waals surface area contributed by atoms with Gasteiger partial charge in [0.2, 0.25) is 0 Å². The first-order chi connectivity index (χ1) is 8.17. The second-order valence-corrected chi connectivity index (χ2v) is 4.62. The van der Waals surface area contributed by atoms with Crippen LogP contribution in [0.1, 0.15) is 30.9 Å². The van der Waals surface area contributed by atoms with E-state index in [4.69, 9.17) is 10.2 Å². The van der Waals surface area contributed by atoms with Crippen molar-refractivity contribution in [2.75, 3.05) is 26.3 Å². The van der Waals surface area contributed by atoms with Crippen LogP contribution in [0.3, 0.4) is 0 Å². The summed E-state index contributed by atoms with van der Waals surface area (Å²) in [6.07, 6.45) is 0. The van der Waals surface area contributed by atoms with Crippen molar-refractivity contribution in [2.24, 2.45) is 0 Å². The molecule has 0 bridgehead atoms. The van der Waals surface area contributed by atoms with Crippen molar-refractivity contribution < 1.29 is 10.2 Å². The van der Waals surface area contributed by atoms with Gasteiger partial charge >= 0.3 is 0 Å². The van der Waals surface area contributed by atoms with E-state index < -0.39 is 0 Å². The van der Waals surface area contributed by atoms with Gasteiger partial charge in [-0.05, 0) is 17.0 Å². The maximum atomic E-state index is 8.96. The molecule has 3 nitrogen and oxygen atoms in total. The number of nitrogens with zero attached hydrogens (tertiary/aromatic N) is 1. The summed E-state index contributed by atoms with van der Waals surface area (Å²) in [6.45, 7) is 6.60. The van der Waals surface area contributed by atoms with Gasteiger partial charge in [-0.25, -0.2) is 0 Å². The largest absolute Gasteiger partial charge is 0.395 e. The molecule has 0 aliphatic heterocycles. The molecule has 3 heteroatoms. The van der Waals surface area contributed by atoms with Crippen molar-refractivity contribution in [1.29, 1.82) is 0 Å². The molecule has 2 N–H and O–H groups in total. The third-order valence-corrected chi connectivity index (χ3v) is 2.86.